The molecule has 1 aliphatic carbocycles. The summed E-state index contributed by atoms with van der Waals surface area (Å²) in [5, 5.41) is 22.6. The van der Waals surface area contributed by atoms with Crippen molar-refractivity contribution in [3.8, 4) is 11.1 Å². The molecule has 2 N–H and O–H groups in total. The van der Waals surface area contributed by atoms with Gasteiger partial charge in [0.2, 0.25) is 0 Å². The van der Waals surface area contributed by atoms with E-state index in [2.05, 4.69) is 139 Å². The molecule has 0 saturated heterocycles. The van der Waals surface area contributed by atoms with Crippen LogP contribution in [-0.2, 0) is 0 Å². The van der Waals surface area contributed by atoms with Crippen LogP contribution in [0.1, 0.15) is 13.8 Å². The van der Waals surface area contributed by atoms with Gasteiger partial charge in [-0.15, -0.1) is 0 Å². The summed E-state index contributed by atoms with van der Waals surface area (Å²) in [6.45, 7) is 0. The molecule has 0 radical (unpaired) electrons. The van der Waals surface area contributed by atoms with Crippen LogP contribution in [0.15, 0.2) is 136 Å². The monoisotopic (exact) mass is 754 g/mol. The molecule has 198 valence electrons. The molecule has 1 atom stereocenters. The first-order valence-corrected chi connectivity index (χ1v) is 15.0. The number of benzene rings is 5. The minimum atomic E-state index is -1.40. The smallest absolute Gasteiger partial charge is 0.423 e. The minimum absolute atomic E-state index is 0. The first-order chi connectivity index (χ1) is 18.4. The van der Waals surface area contributed by atoms with Gasteiger partial charge in [-0.25, -0.2) is 0 Å². The Morgan fingerprint density at radius 1 is 0.641 bits per heavy atom. The number of hydrogen-bond acceptors (Lipinski definition) is 2. The largest absolute Gasteiger partial charge is 0.488 e. The molecule has 6 rings (SSSR count). The second-order valence-corrected chi connectivity index (χ2v) is 12.2. The third-order valence-electron chi connectivity index (χ3n) is 5.96. The average Bonchev–Trinajstić information content (AvgIpc) is 2.94. The molecule has 2 nitrogen and oxygen atoms in total. The molecule has 0 bridgehead atoms. The zero-order valence-electron chi connectivity index (χ0n) is 20.5. The van der Waals surface area contributed by atoms with Gasteiger partial charge in [-0.1, -0.05) is 159 Å². The van der Waals surface area contributed by atoms with E-state index < -0.39 is 7.12 Å². The first kappa shape index (κ1) is 31.3. The third kappa shape index (κ3) is 9.43. The van der Waals surface area contributed by atoms with E-state index in [1.54, 1.807) is 12.1 Å². The fraction of sp³-hybridized carbons (Fsp3) is 0.0909. The minimum Gasteiger partial charge on any atom is -0.423 e. The fourth-order valence-corrected chi connectivity index (χ4v) is 5.26. The van der Waals surface area contributed by atoms with Gasteiger partial charge in [0.05, 0.1) is 0 Å². The van der Waals surface area contributed by atoms with Crippen LogP contribution in [0.25, 0.3) is 32.7 Å². The molecule has 0 spiro atoms. The van der Waals surface area contributed by atoms with Gasteiger partial charge >= 0.3 is 7.12 Å². The zero-order chi connectivity index (χ0) is 26.9. The summed E-state index contributed by atoms with van der Waals surface area (Å²) in [6, 6.07) is 34.6. The van der Waals surface area contributed by atoms with Crippen molar-refractivity contribution in [3.63, 3.8) is 0 Å². The van der Waals surface area contributed by atoms with Crippen LogP contribution in [0.3, 0.4) is 0 Å². The molecular formula is C33H30BBr2IO2. The Kier molecular flexibility index (Phi) is 12.5. The predicted molar refractivity (Wildman–Crippen MR) is 186 cm³/mol. The van der Waals surface area contributed by atoms with Crippen LogP contribution < -0.4 is 5.46 Å². The Bertz CT molecular complexity index is 1570. The standard InChI is InChI=1S/C16H11Br.C10H8BBrO2.C6H7I.CH4/c17-16-9-8-14-10-13(6-7-15(14)11-16)12-4-2-1-3-5-12;12-10-4-2-7-5-9(11(13)14)3-1-8(7)6-10;7-6-4-2-1-3-5-6;/h1-11H;1-6,13-14H;1-4,6H,5H2;1H4. The summed E-state index contributed by atoms with van der Waals surface area (Å²) in [7, 11) is -1.40. The predicted octanol–water partition coefficient (Wildman–Crippen LogP) is 9.49. The molecule has 0 amide bonds. The highest BCUT2D eigenvalue weighted by Crippen LogP contribution is 2.26. The van der Waals surface area contributed by atoms with Crippen molar-refractivity contribution in [2.45, 2.75) is 17.8 Å². The van der Waals surface area contributed by atoms with Crippen LogP contribution in [0, 0.1) is 0 Å². The molecule has 1 unspecified atom stereocenters. The lowest BCUT2D eigenvalue weighted by atomic mass is 9.79. The molecule has 0 aliphatic heterocycles. The van der Waals surface area contributed by atoms with Gasteiger partial charge in [-0.3, -0.25) is 0 Å². The number of fused-ring (bicyclic) bond motifs is 2. The van der Waals surface area contributed by atoms with Crippen molar-refractivity contribution < 1.29 is 10.0 Å². The summed E-state index contributed by atoms with van der Waals surface area (Å²) in [5.41, 5.74) is 3.04. The second-order valence-electron chi connectivity index (χ2n) is 8.76. The number of alkyl halides is 1. The second kappa shape index (κ2) is 15.5. The summed E-state index contributed by atoms with van der Waals surface area (Å²) >= 11 is 9.30. The average molecular weight is 756 g/mol. The van der Waals surface area contributed by atoms with Crippen molar-refractivity contribution in [3.05, 3.63) is 136 Å². The Hall–Kier alpha value is -2.23. The van der Waals surface area contributed by atoms with Gasteiger partial charge in [0, 0.05) is 12.9 Å². The molecular weight excluding hydrogens is 726 g/mol. The maximum Gasteiger partial charge on any atom is 0.488 e. The molecule has 5 aromatic carbocycles. The number of halogens is 3. The highest BCUT2D eigenvalue weighted by Gasteiger charge is 2.10. The molecule has 0 heterocycles. The Morgan fingerprint density at radius 3 is 1.74 bits per heavy atom. The summed E-state index contributed by atoms with van der Waals surface area (Å²) < 4.78 is 2.88. The fourth-order valence-electron chi connectivity index (χ4n) is 3.97. The van der Waals surface area contributed by atoms with E-state index in [-0.39, 0.29) is 7.43 Å². The first-order valence-electron chi connectivity index (χ1n) is 12.2. The highest BCUT2D eigenvalue weighted by molar-refractivity contribution is 14.1. The van der Waals surface area contributed by atoms with Gasteiger partial charge in [-0.2, -0.15) is 0 Å². The number of allylic oxidation sites excluding steroid dienone is 4. The maximum absolute atomic E-state index is 8.98. The van der Waals surface area contributed by atoms with E-state index in [4.69, 9.17) is 10.0 Å². The van der Waals surface area contributed by atoms with Crippen LogP contribution in [0.4, 0.5) is 0 Å². The quantitative estimate of drug-likeness (QED) is 0.107. The van der Waals surface area contributed by atoms with Crippen LogP contribution in [0.2, 0.25) is 0 Å². The molecule has 0 fully saturated rings. The van der Waals surface area contributed by atoms with Crippen molar-refractivity contribution in [1.29, 1.82) is 0 Å². The Balaban J connectivity index is 0.000000172. The highest BCUT2D eigenvalue weighted by atomic mass is 127. The van der Waals surface area contributed by atoms with Gasteiger partial charge in [-0.05, 0) is 74.9 Å². The SMILES string of the molecule is Brc1ccc2cc(-c3ccccc3)ccc2c1.C.IC1C=CC=CC1.OB(O)c1ccc2cc(Br)ccc2c1. The molecule has 6 heteroatoms. The summed E-state index contributed by atoms with van der Waals surface area (Å²) in [6.07, 6.45) is 9.80. The van der Waals surface area contributed by atoms with E-state index in [0.29, 0.717) is 5.46 Å². The van der Waals surface area contributed by atoms with Gasteiger partial charge < -0.3 is 10.0 Å². The van der Waals surface area contributed by atoms with Crippen molar-refractivity contribution >= 4 is 88.6 Å². The van der Waals surface area contributed by atoms with Gasteiger partial charge in [0.15, 0.2) is 0 Å². The van der Waals surface area contributed by atoms with Crippen molar-refractivity contribution in [2.24, 2.45) is 0 Å². The maximum atomic E-state index is 8.98. The van der Waals surface area contributed by atoms with Crippen LogP contribution >= 0.6 is 54.5 Å². The lowest BCUT2D eigenvalue weighted by molar-refractivity contribution is 0.426. The lowest BCUT2D eigenvalue weighted by Crippen LogP contribution is -2.29. The molecule has 1 aliphatic rings. The van der Waals surface area contributed by atoms with E-state index in [9.17, 15) is 0 Å². The van der Waals surface area contributed by atoms with Crippen LogP contribution in [-0.4, -0.2) is 21.1 Å². The summed E-state index contributed by atoms with van der Waals surface area (Å²) in [5.74, 6) is 0. The van der Waals surface area contributed by atoms with E-state index in [1.807, 2.05) is 30.3 Å². The lowest BCUT2D eigenvalue weighted by Gasteiger charge is -2.04. The van der Waals surface area contributed by atoms with E-state index in [1.165, 1.54) is 28.3 Å². The Labute approximate surface area is 262 Å². The van der Waals surface area contributed by atoms with Crippen molar-refractivity contribution in [1.82, 2.24) is 0 Å². The normalized spacial score (nSPS) is 13.5. The number of hydrogen-bond donors (Lipinski definition) is 2. The topological polar surface area (TPSA) is 40.5 Å². The molecule has 0 aromatic heterocycles. The molecule has 5 aromatic rings. The Morgan fingerprint density at radius 2 is 1.21 bits per heavy atom. The third-order valence-corrected chi connectivity index (χ3v) is 7.87. The van der Waals surface area contributed by atoms with E-state index in [0.717, 1.165) is 23.6 Å². The van der Waals surface area contributed by atoms with Gasteiger partial charge in [0.1, 0.15) is 0 Å². The number of rotatable bonds is 2. The van der Waals surface area contributed by atoms with E-state index >= 15 is 0 Å². The molecule has 39 heavy (non-hydrogen) atoms. The van der Waals surface area contributed by atoms with Gasteiger partial charge in [0.25, 0.3) is 0 Å². The zero-order valence-corrected chi connectivity index (χ0v) is 25.8. The van der Waals surface area contributed by atoms with Crippen LogP contribution in [0.5, 0.6) is 0 Å². The molecule has 0 saturated carbocycles. The van der Waals surface area contributed by atoms with Crippen molar-refractivity contribution in [2.75, 3.05) is 0 Å². The summed E-state index contributed by atoms with van der Waals surface area (Å²) in [4.78, 5) is 0.